The van der Waals surface area contributed by atoms with E-state index in [0.29, 0.717) is 12.4 Å². The SMILES string of the molecule is CC1(CCOC2CCC(C(=O)Oc3ccc(OCC4(C)CO4)cc3)CC2)CO1. The van der Waals surface area contributed by atoms with Gasteiger partial charge in [-0.15, -0.1) is 0 Å². The molecule has 6 nitrogen and oxygen atoms in total. The molecular formula is C22H30O6. The molecule has 0 aromatic heterocycles. The molecule has 6 heteroatoms. The van der Waals surface area contributed by atoms with Crippen molar-refractivity contribution in [2.75, 3.05) is 26.4 Å². The van der Waals surface area contributed by atoms with Crippen LogP contribution in [0.15, 0.2) is 24.3 Å². The van der Waals surface area contributed by atoms with Crippen LogP contribution < -0.4 is 9.47 Å². The number of ether oxygens (including phenoxy) is 5. The van der Waals surface area contributed by atoms with E-state index in [1.54, 1.807) is 12.1 Å². The minimum absolute atomic E-state index is 0.0469. The Balaban J connectivity index is 1.15. The van der Waals surface area contributed by atoms with Crippen LogP contribution in [0.25, 0.3) is 0 Å². The third-order valence-corrected chi connectivity index (χ3v) is 5.85. The summed E-state index contributed by atoms with van der Waals surface area (Å²) in [4.78, 5) is 12.5. The molecule has 0 N–H and O–H groups in total. The van der Waals surface area contributed by atoms with Gasteiger partial charge in [0.15, 0.2) is 0 Å². The van der Waals surface area contributed by atoms with E-state index in [4.69, 9.17) is 23.7 Å². The van der Waals surface area contributed by atoms with Gasteiger partial charge in [-0.1, -0.05) is 0 Å². The van der Waals surface area contributed by atoms with Gasteiger partial charge in [-0.2, -0.15) is 0 Å². The monoisotopic (exact) mass is 390 g/mol. The van der Waals surface area contributed by atoms with Crippen molar-refractivity contribution in [3.8, 4) is 11.5 Å². The first-order chi connectivity index (χ1) is 13.4. The molecule has 2 aliphatic heterocycles. The van der Waals surface area contributed by atoms with Crippen LogP contribution in [-0.4, -0.2) is 49.7 Å². The molecule has 1 saturated carbocycles. The molecule has 0 bridgehead atoms. The maximum Gasteiger partial charge on any atom is 0.314 e. The van der Waals surface area contributed by atoms with Gasteiger partial charge < -0.3 is 23.7 Å². The summed E-state index contributed by atoms with van der Waals surface area (Å²) in [6.45, 7) is 6.98. The highest BCUT2D eigenvalue weighted by Crippen LogP contribution is 2.32. The molecule has 2 unspecified atom stereocenters. The summed E-state index contributed by atoms with van der Waals surface area (Å²) in [5.74, 6) is 1.11. The zero-order chi connectivity index (χ0) is 19.6. The van der Waals surface area contributed by atoms with Gasteiger partial charge in [0.2, 0.25) is 0 Å². The fourth-order valence-corrected chi connectivity index (χ4v) is 3.42. The molecule has 2 heterocycles. The Labute approximate surface area is 166 Å². The molecular weight excluding hydrogens is 360 g/mol. The van der Waals surface area contributed by atoms with E-state index < -0.39 is 0 Å². The second kappa shape index (κ2) is 8.01. The normalized spacial score (nSPS) is 33.9. The maximum atomic E-state index is 12.5. The molecule has 154 valence electrons. The molecule has 1 aliphatic carbocycles. The Morgan fingerprint density at radius 2 is 1.61 bits per heavy atom. The average Bonchev–Trinajstić information content (AvgIpc) is 3.61. The average molecular weight is 390 g/mol. The first kappa shape index (κ1) is 19.7. The molecule has 4 rings (SSSR count). The van der Waals surface area contributed by atoms with Gasteiger partial charge in [-0.25, -0.2) is 0 Å². The van der Waals surface area contributed by atoms with Crippen molar-refractivity contribution in [3.05, 3.63) is 24.3 Å². The third-order valence-electron chi connectivity index (χ3n) is 5.85. The summed E-state index contributed by atoms with van der Waals surface area (Å²) in [5.41, 5.74) is -0.0947. The van der Waals surface area contributed by atoms with E-state index in [0.717, 1.165) is 57.7 Å². The predicted octanol–water partition coefficient (Wildman–Crippen LogP) is 3.51. The van der Waals surface area contributed by atoms with Gasteiger partial charge in [0.1, 0.15) is 23.7 Å². The Bertz CT molecular complexity index is 669. The maximum absolute atomic E-state index is 12.5. The Hall–Kier alpha value is -1.63. The summed E-state index contributed by atoms with van der Waals surface area (Å²) in [7, 11) is 0. The Kier molecular flexibility index (Phi) is 5.63. The van der Waals surface area contributed by atoms with Gasteiger partial charge in [0, 0.05) is 13.0 Å². The number of rotatable bonds is 9. The first-order valence-electron chi connectivity index (χ1n) is 10.3. The lowest BCUT2D eigenvalue weighted by Gasteiger charge is -2.27. The van der Waals surface area contributed by atoms with Gasteiger partial charge in [-0.3, -0.25) is 4.79 Å². The van der Waals surface area contributed by atoms with Gasteiger partial charge in [-0.05, 0) is 63.8 Å². The summed E-state index contributed by atoms with van der Waals surface area (Å²) in [6, 6.07) is 7.20. The number of esters is 1. The van der Waals surface area contributed by atoms with Crippen molar-refractivity contribution in [2.24, 2.45) is 5.92 Å². The number of hydrogen-bond donors (Lipinski definition) is 0. The second-order valence-electron chi connectivity index (χ2n) is 8.75. The highest BCUT2D eigenvalue weighted by Gasteiger charge is 2.40. The van der Waals surface area contributed by atoms with E-state index in [-0.39, 0.29) is 29.2 Å². The summed E-state index contributed by atoms with van der Waals surface area (Å²) < 4.78 is 27.9. The van der Waals surface area contributed by atoms with Crippen LogP contribution in [0, 0.1) is 5.92 Å². The van der Waals surface area contributed by atoms with Crippen molar-refractivity contribution in [1.82, 2.24) is 0 Å². The van der Waals surface area contributed by atoms with Crippen LogP contribution in [0.3, 0.4) is 0 Å². The molecule has 0 amide bonds. The smallest absolute Gasteiger partial charge is 0.314 e. The zero-order valence-electron chi connectivity index (χ0n) is 16.8. The molecule has 28 heavy (non-hydrogen) atoms. The molecule has 1 aromatic rings. The molecule has 3 aliphatic rings. The highest BCUT2D eigenvalue weighted by molar-refractivity contribution is 5.75. The van der Waals surface area contributed by atoms with E-state index in [9.17, 15) is 4.79 Å². The lowest BCUT2D eigenvalue weighted by Crippen LogP contribution is -2.29. The van der Waals surface area contributed by atoms with E-state index in [1.165, 1.54) is 0 Å². The van der Waals surface area contributed by atoms with Crippen LogP contribution in [-0.2, 0) is 19.0 Å². The topological polar surface area (TPSA) is 69.8 Å². The zero-order valence-corrected chi connectivity index (χ0v) is 16.8. The molecule has 0 radical (unpaired) electrons. The van der Waals surface area contributed by atoms with Crippen molar-refractivity contribution in [1.29, 1.82) is 0 Å². The largest absolute Gasteiger partial charge is 0.490 e. The van der Waals surface area contributed by atoms with E-state index >= 15 is 0 Å². The number of benzene rings is 1. The standard InChI is InChI=1S/C22H30O6/c1-21(14-26-21)11-12-24-17-5-3-16(4-6-17)20(23)28-19-9-7-18(8-10-19)25-13-22(2)15-27-22/h7-10,16-17H,3-6,11-15H2,1-2H3. The Morgan fingerprint density at radius 3 is 2.21 bits per heavy atom. The van der Waals surface area contributed by atoms with Gasteiger partial charge in [0.25, 0.3) is 0 Å². The van der Waals surface area contributed by atoms with Crippen molar-refractivity contribution in [2.45, 2.75) is 63.3 Å². The van der Waals surface area contributed by atoms with Crippen molar-refractivity contribution < 1.29 is 28.5 Å². The quantitative estimate of drug-likeness (QED) is 0.365. The number of epoxide rings is 2. The molecule has 2 saturated heterocycles. The van der Waals surface area contributed by atoms with Crippen molar-refractivity contribution >= 4 is 5.97 Å². The molecule has 0 spiro atoms. The lowest BCUT2D eigenvalue weighted by molar-refractivity contribution is -0.141. The van der Waals surface area contributed by atoms with Gasteiger partial charge in [0.05, 0.1) is 30.8 Å². The third kappa shape index (κ3) is 5.46. The lowest BCUT2D eigenvalue weighted by atomic mass is 9.87. The summed E-state index contributed by atoms with van der Waals surface area (Å²) >= 11 is 0. The minimum atomic E-state index is -0.148. The molecule has 3 fully saturated rings. The van der Waals surface area contributed by atoms with E-state index in [1.807, 2.05) is 19.1 Å². The number of hydrogen-bond acceptors (Lipinski definition) is 6. The number of carbonyl (C=O) groups is 1. The fraction of sp³-hybridized carbons (Fsp3) is 0.682. The minimum Gasteiger partial charge on any atom is -0.490 e. The second-order valence-corrected chi connectivity index (χ2v) is 8.75. The highest BCUT2D eigenvalue weighted by atomic mass is 16.6. The summed E-state index contributed by atoms with van der Waals surface area (Å²) in [6.07, 6.45) is 4.64. The molecule has 2 atom stereocenters. The van der Waals surface area contributed by atoms with Crippen LogP contribution in [0.5, 0.6) is 11.5 Å². The van der Waals surface area contributed by atoms with Crippen LogP contribution in [0.4, 0.5) is 0 Å². The summed E-state index contributed by atoms with van der Waals surface area (Å²) in [5, 5.41) is 0. The fourth-order valence-electron chi connectivity index (χ4n) is 3.42. The van der Waals surface area contributed by atoms with Crippen molar-refractivity contribution in [3.63, 3.8) is 0 Å². The first-order valence-corrected chi connectivity index (χ1v) is 10.3. The Morgan fingerprint density at radius 1 is 1.00 bits per heavy atom. The van der Waals surface area contributed by atoms with Crippen LogP contribution in [0.2, 0.25) is 0 Å². The molecule has 1 aromatic carbocycles. The van der Waals surface area contributed by atoms with Crippen LogP contribution >= 0.6 is 0 Å². The van der Waals surface area contributed by atoms with Crippen LogP contribution in [0.1, 0.15) is 46.0 Å². The predicted molar refractivity (Wildman–Crippen MR) is 103 cm³/mol. The number of carbonyl (C=O) groups excluding carboxylic acids is 1. The van der Waals surface area contributed by atoms with Gasteiger partial charge >= 0.3 is 5.97 Å². The van der Waals surface area contributed by atoms with E-state index in [2.05, 4.69) is 6.92 Å².